The second-order valence-electron chi connectivity index (χ2n) is 4.43. The minimum absolute atomic E-state index is 0.0651. The highest BCUT2D eigenvalue weighted by atomic mass is 32.2. The average molecular weight is 307 g/mol. The molecule has 0 aromatic heterocycles. The molecular formula is C13H13N3O4S. The first-order valence-electron chi connectivity index (χ1n) is 6.16. The normalized spacial score (nSPS) is 18.0. The molecule has 0 spiro atoms. The standard InChI is InChI=1S/C13H13N3O4S/c1-8(17)7-10-14-12(18)11(16(19)20)13(15-10)21-9-5-3-2-4-6-9/h2-6,10,15H,7H2,1H3,(H,14,18)/t10-/m0/s1. The molecule has 1 heterocycles. The summed E-state index contributed by atoms with van der Waals surface area (Å²) in [5.74, 6) is -0.912. The van der Waals surface area contributed by atoms with Crippen LogP contribution in [0.1, 0.15) is 13.3 Å². The lowest BCUT2D eigenvalue weighted by molar-refractivity contribution is -0.420. The summed E-state index contributed by atoms with van der Waals surface area (Å²) in [6.45, 7) is 1.39. The minimum atomic E-state index is -0.788. The van der Waals surface area contributed by atoms with Crippen molar-refractivity contribution in [3.63, 3.8) is 0 Å². The van der Waals surface area contributed by atoms with Crippen molar-refractivity contribution < 1.29 is 14.5 Å². The van der Waals surface area contributed by atoms with Gasteiger partial charge in [0.25, 0.3) is 0 Å². The van der Waals surface area contributed by atoms with Crippen LogP contribution in [0.5, 0.6) is 0 Å². The number of nitro groups is 1. The van der Waals surface area contributed by atoms with E-state index >= 15 is 0 Å². The van der Waals surface area contributed by atoms with Gasteiger partial charge in [-0.25, -0.2) is 0 Å². The molecule has 1 aliphatic heterocycles. The molecule has 7 nitrogen and oxygen atoms in total. The maximum atomic E-state index is 11.9. The molecule has 1 aliphatic rings. The van der Waals surface area contributed by atoms with E-state index in [0.717, 1.165) is 16.7 Å². The van der Waals surface area contributed by atoms with Crippen molar-refractivity contribution in [3.05, 3.63) is 51.2 Å². The summed E-state index contributed by atoms with van der Waals surface area (Å²) in [6, 6.07) is 8.98. The fourth-order valence-electron chi connectivity index (χ4n) is 1.83. The van der Waals surface area contributed by atoms with Crippen molar-refractivity contribution in [3.8, 4) is 0 Å². The summed E-state index contributed by atoms with van der Waals surface area (Å²) in [5, 5.41) is 16.5. The quantitative estimate of drug-likeness (QED) is 0.627. The summed E-state index contributed by atoms with van der Waals surface area (Å²) in [7, 11) is 0. The third-order valence-corrected chi connectivity index (χ3v) is 3.70. The van der Waals surface area contributed by atoms with E-state index in [1.807, 2.05) is 6.07 Å². The number of rotatable bonds is 5. The Kier molecular flexibility index (Phi) is 4.59. The van der Waals surface area contributed by atoms with Crippen LogP contribution < -0.4 is 10.6 Å². The summed E-state index contributed by atoms with van der Waals surface area (Å²) in [6.07, 6.45) is -0.569. The molecule has 0 radical (unpaired) electrons. The second-order valence-corrected chi connectivity index (χ2v) is 5.51. The Bertz CT molecular complexity index is 615. The summed E-state index contributed by atoms with van der Waals surface area (Å²) < 4.78 is 0. The predicted octanol–water partition coefficient (Wildman–Crippen LogP) is 1.25. The molecule has 2 rings (SSSR count). The van der Waals surface area contributed by atoms with Crippen LogP contribution in [0.2, 0.25) is 0 Å². The van der Waals surface area contributed by atoms with Gasteiger partial charge in [-0.05, 0) is 19.1 Å². The Hall–Kier alpha value is -2.35. The van der Waals surface area contributed by atoms with Crippen molar-refractivity contribution in [1.29, 1.82) is 0 Å². The molecule has 1 aromatic rings. The van der Waals surface area contributed by atoms with Crippen LogP contribution in [0.4, 0.5) is 0 Å². The zero-order valence-electron chi connectivity index (χ0n) is 11.2. The molecule has 2 N–H and O–H groups in total. The van der Waals surface area contributed by atoms with E-state index < -0.39 is 22.7 Å². The first-order chi connectivity index (χ1) is 9.97. The van der Waals surface area contributed by atoms with E-state index in [-0.39, 0.29) is 17.2 Å². The maximum absolute atomic E-state index is 11.9. The van der Waals surface area contributed by atoms with E-state index in [1.54, 1.807) is 24.3 Å². The number of nitrogens with one attached hydrogen (secondary N) is 2. The van der Waals surface area contributed by atoms with E-state index in [0.29, 0.717) is 0 Å². The van der Waals surface area contributed by atoms with Gasteiger partial charge in [-0.3, -0.25) is 19.7 Å². The third-order valence-electron chi connectivity index (χ3n) is 2.68. The highest BCUT2D eigenvalue weighted by Gasteiger charge is 2.36. The van der Waals surface area contributed by atoms with E-state index in [9.17, 15) is 19.7 Å². The van der Waals surface area contributed by atoms with Crippen molar-refractivity contribution in [2.75, 3.05) is 0 Å². The molecule has 0 fully saturated rings. The van der Waals surface area contributed by atoms with Crippen LogP contribution in [0.25, 0.3) is 0 Å². The lowest BCUT2D eigenvalue weighted by Crippen LogP contribution is -2.51. The number of hydrogen-bond acceptors (Lipinski definition) is 6. The Labute approximate surface area is 124 Å². The van der Waals surface area contributed by atoms with E-state index in [4.69, 9.17) is 0 Å². The van der Waals surface area contributed by atoms with Crippen molar-refractivity contribution >= 4 is 23.5 Å². The van der Waals surface area contributed by atoms with Gasteiger partial charge in [-0.15, -0.1) is 0 Å². The van der Waals surface area contributed by atoms with Gasteiger partial charge in [-0.1, -0.05) is 30.0 Å². The number of benzene rings is 1. The monoisotopic (exact) mass is 307 g/mol. The summed E-state index contributed by atoms with van der Waals surface area (Å²) in [4.78, 5) is 34.1. The van der Waals surface area contributed by atoms with Crippen LogP contribution in [-0.2, 0) is 9.59 Å². The van der Waals surface area contributed by atoms with Crippen molar-refractivity contribution in [2.45, 2.75) is 24.4 Å². The molecule has 1 atom stereocenters. The van der Waals surface area contributed by atoms with Crippen LogP contribution in [0.15, 0.2) is 46.0 Å². The maximum Gasteiger partial charge on any atom is 0.363 e. The largest absolute Gasteiger partial charge is 0.363 e. The fourth-order valence-corrected chi connectivity index (χ4v) is 2.83. The smallest absolute Gasteiger partial charge is 0.354 e. The number of nitrogens with zero attached hydrogens (tertiary/aromatic N) is 1. The lowest BCUT2D eigenvalue weighted by Gasteiger charge is -2.25. The van der Waals surface area contributed by atoms with Crippen LogP contribution >= 0.6 is 11.8 Å². The van der Waals surface area contributed by atoms with Gasteiger partial charge in [0.15, 0.2) is 5.03 Å². The number of amides is 1. The number of thioether (sulfide) groups is 1. The van der Waals surface area contributed by atoms with E-state index in [1.165, 1.54) is 6.92 Å². The molecule has 0 saturated carbocycles. The fraction of sp³-hybridized carbons (Fsp3) is 0.231. The number of carbonyl (C=O) groups is 2. The number of hydrogen-bond donors (Lipinski definition) is 2. The molecule has 1 aromatic carbocycles. The van der Waals surface area contributed by atoms with Gasteiger partial charge >= 0.3 is 11.6 Å². The highest BCUT2D eigenvalue weighted by Crippen LogP contribution is 2.29. The molecule has 0 bridgehead atoms. The Morgan fingerprint density at radius 2 is 2.00 bits per heavy atom. The van der Waals surface area contributed by atoms with Crippen LogP contribution in [0, 0.1) is 10.1 Å². The predicted molar refractivity (Wildman–Crippen MR) is 76.7 cm³/mol. The van der Waals surface area contributed by atoms with Crippen molar-refractivity contribution in [1.82, 2.24) is 10.6 Å². The highest BCUT2D eigenvalue weighted by molar-refractivity contribution is 8.03. The lowest BCUT2D eigenvalue weighted by atomic mass is 10.2. The molecule has 0 unspecified atom stereocenters. The Morgan fingerprint density at radius 3 is 2.57 bits per heavy atom. The van der Waals surface area contributed by atoms with Crippen LogP contribution in [-0.4, -0.2) is 22.8 Å². The Balaban J connectivity index is 2.30. The first kappa shape index (κ1) is 15.0. The molecule has 110 valence electrons. The number of carbonyl (C=O) groups excluding carboxylic acids is 2. The van der Waals surface area contributed by atoms with Gasteiger partial charge < -0.3 is 10.6 Å². The second kappa shape index (κ2) is 6.40. The summed E-state index contributed by atoms with van der Waals surface area (Å²) >= 11 is 1.09. The third kappa shape index (κ3) is 3.82. The summed E-state index contributed by atoms with van der Waals surface area (Å²) in [5.41, 5.74) is -0.538. The van der Waals surface area contributed by atoms with E-state index in [2.05, 4.69) is 10.6 Å². The SMILES string of the molecule is CC(=O)C[C@H]1NC(=O)C([N+](=O)[O-])=C(Sc2ccccc2)N1. The number of Topliss-reactive ketones (excluding diaryl/α,β-unsaturated/α-hetero) is 1. The molecular weight excluding hydrogens is 294 g/mol. The van der Waals surface area contributed by atoms with Gasteiger partial charge in [0.05, 0.1) is 4.92 Å². The van der Waals surface area contributed by atoms with Crippen molar-refractivity contribution in [2.24, 2.45) is 0 Å². The number of ketones is 1. The van der Waals surface area contributed by atoms with Crippen LogP contribution in [0.3, 0.4) is 0 Å². The molecule has 0 aliphatic carbocycles. The Morgan fingerprint density at radius 1 is 1.33 bits per heavy atom. The van der Waals surface area contributed by atoms with Gasteiger partial charge in [0.2, 0.25) is 0 Å². The average Bonchev–Trinajstić information content (AvgIpc) is 2.37. The topological polar surface area (TPSA) is 101 Å². The zero-order chi connectivity index (χ0) is 15.4. The minimum Gasteiger partial charge on any atom is -0.354 e. The first-order valence-corrected chi connectivity index (χ1v) is 6.97. The molecule has 0 saturated heterocycles. The van der Waals surface area contributed by atoms with Gasteiger partial charge in [0, 0.05) is 11.3 Å². The molecule has 1 amide bonds. The van der Waals surface area contributed by atoms with Gasteiger partial charge in [-0.2, -0.15) is 0 Å². The zero-order valence-corrected chi connectivity index (χ0v) is 12.0. The molecule has 21 heavy (non-hydrogen) atoms. The van der Waals surface area contributed by atoms with Gasteiger partial charge in [0.1, 0.15) is 11.9 Å². The molecule has 8 heteroatoms.